The lowest BCUT2D eigenvalue weighted by molar-refractivity contribution is -0.119. The van der Waals surface area contributed by atoms with Crippen LogP contribution >= 0.6 is 12.6 Å². The van der Waals surface area contributed by atoms with Gasteiger partial charge < -0.3 is 20.3 Å². The van der Waals surface area contributed by atoms with Crippen LogP contribution in [0.3, 0.4) is 0 Å². The van der Waals surface area contributed by atoms with Crippen LogP contribution in [-0.2, 0) is 9.53 Å². The lowest BCUT2D eigenvalue weighted by Crippen LogP contribution is -2.48. The number of anilines is 3. The number of hydrogen-bond acceptors (Lipinski definition) is 7. The van der Waals surface area contributed by atoms with Gasteiger partial charge in [-0.2, -0.15) is 5.26 Å². The standard InChI is InChI=1S/C24H26FN5O3S/c1-16(31)27-13-18-14-30(23(32)33-18)17-6-7-21(19(25)12-17)29-10-8-24(15-26,9-11-29)28-20-4-2-3-5-22(20)34/h2-7,12,18,28,34H,8-11,13-14H2,1H3,(H,27,31)/t18-/m0/s1. The van der Waals surface area contributed by atoms with Crippen molar-refractivity contribution in [1.29, 1.82) is 5.26 Å². The molecule has 2 N–H and O–H groups in total. The number of ether oxygens (including phenoxy) is 1. The van der Waals surface area contributed by atoms with E-state index in [-0.39, 0.29) is 19.0 Å². The highest BCUT2D eigenvalue weighted by Crippen LogP contribution is 2.34. The third kappa shape index (κ3) is 5.04. The van der Waals surface area contributed by atoms with Gasteiger partial charge in [0.05, 0.1) is 30.5 Å². The van der Waals surface area contributed by atoms with E-state index in [1.807, 2.05) is 29.2 Å². The van der Waals surface area contributed by atoms with Gasteiger partial charge in [-0.15, -0.1) is 12.6 Å². The van der Waals surface area contributed by atoms with Crippen molar-refractivity contribution in [2.24, 2.45) is 0 Å². The molecule has 8 nitrogen and oxygen atoms in total. The van der Waals surface area contributed by atoms with Gasteiger partial charge in [-0.1, -0.05) is 12.1 Å². The number of nitriles is 1. The first-order valence-electron chi connectivity index (χ1n) is 11.0. The molecule has 2 aromatic rings. The number of amides is 2. The Labute approximate surface area is 203 Å². The molecule has 0 aromatic heterocycles. The molecule has 178 valence electrons. The molecule has 2 aromatic carbocycles. The lowest BCUT2D eigenvalue weighted by atomic mass is 9.88. The Balaban J connectivity index is 1.41. The molecule has 34 heavy (non-hydrogen) atoms. The van der Waals surface area contributed by atoms with Crippen LogP contribution in [0, 0.1) is 17.1 Å². The fraction of sp³-hybridized carbons (Fsp3) is 0.375. The van der Waals surface area contributed by atoms with Gasteiger partial charge in [0.2, 0.25) is 5.91 Å². The monoisotopic (exact) mass is 483 g/mol. The Morgan fingerprint density at radius 1 is 1.29 bits per heavy atom. The highest BCUT2D eigenvalue weighted by Gasteiger charge is 2.36. The summed E-state index contributed by atoms with van der Waals surface area (Å²) in [7, 11) is 0. The summed E-state index contributed by atoms with van der Waals surface area (Å²) in [5.41, 5.74) is 0.860. The third-order valence-electron chi connectivity index (χ3n) is 6.15. The number of carbonyl (C=O) groups is 2. The van der Waals surface area contributed by atoms with E-state index in [0.29, 0.717) is 37.3 Å². The molecule has 0 aliphatic carbocycles. The minimum atomic E-state index is -0.756. The first-order chi connectivity index (χ1) is 16.3. The summed E-state index contributed by atoms with van der Waals surface area (Å²) in [6, 6.07) is 14.6. The Bertz CT molecular complexity index is 1130. The summed E-state index contributed by atoms with van der Waals surface area (Å²) in [5.74, 6) is -0.661. The summed E-state index contributed by atoms with van der Waals surface area (Å²) in [6.07, 6.45) is -0.0448. The molecule has 2 aliphatic heterocycles. The summed E-state index contributed by atoms with van der Waals surface area (Å²) < 4.78 is 20.3. The summed E-state index contributed by atoms with van der Waals surface area (Å²) >= 11 is 4.45. The fourth-order valence-electron chi connectivity index (χ4n) is 4.25. The summed E-state index contributed by atoms with van der Waals surface area (Å²) in [4.78, 5) is 27.3. The van der Waals surface area contributed by atoms with Crippen LogP contribution in [-0.4, -0.2) is 49.8 Å². The molecule has 2 saturated heterocycles. The van der Waals surface area contributed by atoms with E-state index in [4.69, 9.17) is 4.74 Å². The van der Waals surface area contributed by atoms with Crippen LogP contribution in [0.4, 0.5) is 26.2 Å². The molecule has 1 atom stereocenters. The topological polar surface area (TPSA) is 97.7 Å². The van der Waals surface area contributed by atoms with Crippen LogP contribution in [0.1, 0.15) is 19.8 Å². The van der Waals surface area contributed by atoms with E-state index < -0.39 is 23.6 Å². The predicted octanol–water partition coefficient (Wildman–Crippen LogP) is 3.55. The molecule has 0 bridgehead atoms. The maximum atomic E-state index is 15.1. The maximum Gasteiger partial charge on any atom is 0.414 e. The van der Waals surface area contributed by atoms with E-state index in [2.05, 4.69) is 29.3 Å². The van der Waals surface area contributed by atoms with Crippen molar-refractivity contribution in [2.45, 2.75) is 36.3 Å². The van der Waals surface area contributed by atoms with Gasteiger partial charge in [0.1, 0.15) is 17.5 Å². The van der Waals surface area contributed by atoms with Crippen LogP contribution in [0.15, 0.2) is 47.4 Å². The number of hydrogen-bond donors (Lipinski definition) is 3. The molecule has 2 amide bonds. The first kappa shape index (κ1) is 23.7. The Hall–Kier alpha value is -3.45. The second-order valence-electron chi connectivity index (χ2n) is 8.51. The van der Waals surface area contributed by atoms with Gasteiger partial charge in [0.15, 0.2) is 0 Å². The number of nitrogens with one attached hydrogen (secondary N) is 2. The molecule has 0 unspecified atom stereocenters. The predicted molar refractivity (Wildman–Crippen MR) is 130 cm³/mol. The second kappa shape index (κ2) is 9.81. The zero-order valence-electron chi connectivity index (χ0n) is 18.8. The van der Waals surface area contributed by atoms with Crippen molar-refractivity contribution in [3.63, 3.8) is 0 Å². The first-order valence-corrected chi connectivity index (χ1v) is 11.5. The molecule has 2 fully saturated rings. The molecule has 0 spiro atoms. The molecule has 4 rings (SSSR count). The van der Waals surface area contributed by atoms with Gasteiger partial charge in [-0.3, -0.25) is 9.69 Å². The van der Waals surface area contributed by atoms with E-state index in [1.165, 1.54) is 17.9 Å². The van der Waals surface area contributed by atoms with Crippen LogP contribution < -0.4 is 20.4 Å². The molecule has 2 heterocycles. The summed E-state index contributed by atoms with van der Waals surface area (Å²) in [6.45, 7) is 2.81. The Morgan fingerprint density at radius 2 is 2.03 bits per heavy atom. The lowest BCUT2D eigenvalue weighted by Gasteiger charge is -2.39. The van der Waals surface area contributed by atoms with Gasteiger partial charge in [0.25, 0.3) is 0 Å². The van der Waals surface area contributed by atoms with Gasteiger partial charge in [-0.05, 0) is 30.3 Å². The van der Waals surface area contributed by atoms with Crippen molar-refractivity contribution >= 4 is 41.7 Å². The van der Waals surface area contributed by atoms with Crippen LogP contribution in [0.2, 0.25) is 0 Å². The van der Waals surface area contributed by atoms with Crippen molar-refractivity contribution in [2.75, 3.05) is 41.3 Å². The molecular formula is C24H26FN5O3S. The number of piperidine rings is 1. The molecule has 2 aliphatic rings. The zero-order chi connectivity index (χ0) is 24.3. The van der Waals surface area contributed by atoms with E-state index in [1.54, 1.807) is 12.1 Å². The summed E-state index contributed by atoms with van der Waals surface area (Å²) in [5, 5.41) is 15.8. The molecular weight excluding hydrogens is 457 g/mol. The number of carbonyl (C=O) groups excluding carboxylic acids is 2. The van der Waals surface area contributed by atoms with Gasteiger partial charge >= 0.3 is 6.09 Å². The Kier molecular flexibility index (Phi) is 6.84. The average Bonchev–Trinajstić information content (AvgIpc) is 3.20. The van der Waals surface area contributed by atoms with Crippen LogP contribution in [0.25, 0.3) is 0 Å². The largest absolute Gasteiger partial charge is 0.442 e. The fourth-order valence-corrected chi connectivity index (χ4v) is 4.46. The van der Waals surface area contributed by atoms with Crippen molar-refractivity contribution < 1.29 is 18.7 Å². The quantitative estimate of drug-likeness (QED) is 0.544. The number of benzene rings is 2. The maximum absolute atomic E-state index is 15.1. The highest BCUT2D eigenvalue weighted by molar-refractivity contribution is 7.80. The third-order valence-corrected chi connectivity index (χ3v) is 6.54. The number of para-hydroxylation sites is 1. The van der Waals surface area contributed by atoms with Gasteiger partial charge in [0, 0.05) is 43.4 Å². The second-order valence-corrected chi connectivity index (χ2v) is 8.99. The SMILES string of the molecule is CC(=O)NC[C@H]1CN(c2ccc(N3CCC(C#N)(Nc4ccccc4S)CC3)c(F)c2)C(=O)O1. The number of halogens is 1. The zero-order valence-corrected chi connectivity index (χ0v) is 19.6. The van der Waals surface area contributed by atoms with E-state index >= 15 is 4.39 Å². The average molecular weight is 484 g/mol. The van der Waals surface area contributed by atoms with Gasteiger partial charge in [-0.25, -0.2) is 9.18 Å². The minimum Gasteiger partial charge on any atom is -0.442 e. The van der Waals surface area contributed by atoms with E-state index in [9.17, 15) is 14.9 Å². The van der Waals surface area contributed by atoms with Crippen LogP contribution in [0.5, 0.6) is 0 Å². The van der Waals surface area contributed by atoms with E-state index in [0.717, 1.165) is 10.6 Å². The molecule has 0 saturated carbocycles. The number of rotatable bonds is 6. The van der Waals surface area contributed by atoms with Crippen molar-refractivity contribution in [3.05, 3.63) is 48.3 Å². The highest BCUT2D eigenvalue weighted by atomic mass is 32.1. The number of thiol groups is 1. The van der Waals surface area contributed by atoms with Crippen molar-refractivity contribution in [1.82, 2.24) is 5.32 Å². The van der Waals surface area contributed by atoms with Crippen molar-refractivity contribution in [3.8, 4) is 6.07 Å². The Morgan fingerprint density at radius 3 is 2.68 bits per heavy atom. The smallest absolute Gasteiger partial charge is 0.414 e. The number of cyclic esters (lactones) is 1. The minimum absolute atomic E-state index is 0.207. The normalized spacial score (nSPS) is 19.4. The number of nitrogens with zero attached hydrogens (tertiary/aromatic N) is 3. The molecule has 0 radical (unpaired) electrons. The molecule has 10 heteroatoms.